The highest BCUT2D eigenvalue weighted by atomic mass is 19.4. The molecule has 0 spiro atoms. The van der Waals surface area contributed by atoms with Crippen molar-refractivity contribution in [3.8, 4) is 28.5 Å². The standard InChI is InChI=1S/C25H15F5N6O5/c1-31-13-6-12(7-16(8-13)39-24(26,27)28)20-21-22(33-11-32-21)23(38)35(34-20)10-19(37)36(14-2-3-14)15-4-5-17-18(9-15)41-25(29,30)40-17/h4-9,11,14H,2-3,10H2,(H,32,33). The molecule has 0 atom stereocenters. The number of carbonyl (C=O) groups excluding carboxylic acids is 1. The molecule has 0 radical (unpaired) electrons. The van der Waals surface area contributed by atoms with Crippen LogP contribution in [0.25, 0.3) is 27.1 Å². The summed E-state index contributed by atoms with van der Waals surface area (Å²) >= 11 is 0. The van der Waals surface area contributed by atoms with Gasteiger partial charge in [-0.25, -0.2) is 14.5 Å². The number of hydrogen-bond donors (Lipinski definition) is 1. The molecule has 1 fully saturated rings. The number of alkyl halides is 5. The first-order valence-electron chi connectivity index (χ1n) is 11.9. The van der Waals surface area contributed by atoms with Gasteiger partial charge in [-0.1, -0.05) is 0 Å². The van der Waals surface area contributed by atoms with Crippen LogP contribution in [0.2, 0.25) is 0 Å². The van der Waals surface area contributed by atoms with E-state index in [1.807, 2.05) is 0 Å². The predicted octanol–water partition coefficient (Wildman–Crippen LogP) is 4.75. The van der Waals surface area contributed by atoms with Gasteiger partial charge in [-0.3, -0.25) is 9.59 Å². The van der Waals surface area contributed by atoms with Crippen LogP contribution in [0, 0.1) is 6.57 Å². The fourth-order valence-corrected chi connectivity index (χ4v) is 4.44. The molecule has 41 heavy (non-hydrogen) atoms. The highest BCUT2D eigenvalue weighted by Gasteiger charge is 2.44. The summed E-state index contributed by atoms with van der Waals surface area (Å²) in [5.41, 5.74) is -0.918. The molecule has 1 N–H and O–H groups in total. The van der Waals surface area contributed by atoms with E-state index in [1.54, 1.807) is 0 Å². The van der Waals surface area contributed by atoms with Gasteiger partial charge in [0.1, 0.15) is 29.0 Å². The maximum absolute atomic E-state index is 13.5. The SMILES string of the molecule is [C-]#[N+]c1cc(OC(F)(F)F)cc(-c2nn(CC(=O)N(c3ccc4c(c3)OC(F)(F)O4)C3CC3)c(=O)c3[nH]cnc23)c1. The monoisotopic (exact) mass is 574 g/mol. The Balaban J connectivity index is 1.38. The van der Waals surface area contributed by atoms with Crippen molar-refractivity contribution in [3.63, 3.8) is 0 Å². The summed E-state index contributed by atoms with van der Waals surface area (Å²) in [5, 5.41) is 4.22. The van der Waals surface area contributed by atoms with E-state index in [9.17, 15) is 31.5 Å². The number of aromatic amines is 1. The maximum Gasteiger partial charge on any atom is 0.586 e. The largest absolute Gasteiger partial charge is 0.586 e. The Morgan fingerprint density at radius 3 is 2.66 bits per heavy atom. The number of imidazole rings is 1. The number of halogens is 5. The molecule has 4 aromatic rings. The lowest BCUT2D eigenvalue weighted by molar-refractivity contribution is -0.286. The van der Waals surface area contributed by atoms with Crippen LogP contribution < -0.4 is 24.7 Å². The minimum atomic E-state index is -5.03. The van der Waals surface area contributed by atoms with Crippen LogP contribution in [0.3, 0.4) is 0 Å². The number of rotatable bonds is 6. The van der Waals surface area contributed by atoms with E-state index >= 15 is 0 Å². The summed E-state index contributed by atoms with van der Waals surface area (Å²) in [6, 6.07) is 6.70. The van der Waals surface area contributed by atoms with Gasteiger partial charge in [0, 0.05) is 17.8 Å². The number of fused-ring (bicyclic) bond motifs is 2. The number of amides is 1. The molecule has 2 aromatic heterocycles. The molecule has 1 amide bonds. The quantitative estimate of drug-likeness (QED) is 0.261. The van der Waals surface area contributed by atoms with Gasteiger partial charge >= 0.3 is 12.7 Å². The number of aromatic nitrogens is 4. The van der Waals surface area contributed by atoms with Crippen molar-refractivity contribution in [3.05, 3.63) is 64.5 Å². The third-order valence-electron chi connectivity index (χ3n) is 6.19. The van der Waals surface area contributed by atoms with Crippen LogP contribution in [0.1, 0.15) is 12.8 Å². The topological polar surface area (TPSA) is 116 Å². The number of anilines is 1. The van der Waals surface area contributed by atoms with Gasteiger partial charge in [-0.15, -0.1) is 22.0 Å². The lowest BCUT2D eigenvalue weighted by Gasteiger charge is -2.23. The zero-order chi connectivity index (χ0) is 29.1. The molecule has 2 aromatic carbocycles. The summed E-state index contributed by atoms with van der Waals surface area (Å²) in [6.45, 7) is 6.64. The second kappa shape index (κ2) is 9.18. The third-order valence-corrected chi connectivity index (χ3v) is 6.19. The van der Waals surface area contributed by atoms with E-state index in [-0.39, 0.29) is 51.2 Å². The number of benzene rings is 2. The fraction of sp³-hybridized carbons (Fsp3) is 0.240. The molecule has 11 nitrogen and oxygen atoms in total. The van der Waals surface area contributed by atoms with Crippen LogP contribution in [0.15, 0.2) is 47.5 Å². The molecule has 210 valence electrons. The summed E-state index contributed by atoms with van der Waals surface area (Å²) in [7, 11) is 0. The molecule has 0 bridgehead atoms. The van der Waals surface area contributed by atoms with E-state index in [0.29, 0.717) is 12.8 Å². The summed E-state index contributed by atoms with van der Waals surface area (Å²) in [6.07, 6.45) is -6.47. The highest BCUT2D eigenvalue weighted by molar-refractivity contribution is 5.95. The summed E-state index contributed by atoms with van der Waals surface area (Å²) < 4.78 is 79.4. The van der Waals surface area contributed by atoms with E-state index in [1.165, 1.54) is 35.5 Å². The Morgan fingerprint density at radius 1 is 1.20 bits per heavy atom. The number of nitrogens with one attached hydrogen (secondary N) is 1. The Labute approximate surface area is 225 Å². The Morgan fingerprint density at radius 2 is 1.95 bits per heavy atom. The van der Waals surface area contributed by atoms with Gasteiger partial charge in [0.2, 0.25) is 5.91 Å². The zero-order valence-electron chi connectivity index (χ0n) is 20.4. The van der Waals surface area contributed by atoms with E-state index in [0.717, 1.165) is 16.8 Å². The predicted molar refractivity (Wildman–Crippen MR) is 130 cm³/mol. The minimum Gasteiger partial charge on any atom is -0.407 e. The Kier molecular flexibility index (Phi) is 5.83. The summed E-state index contributed by atoms with van der Waals surface area (Å²) in [5.74, 6) is -1.77. The van der Waals surface area contributed by atoms with Crippen molar-refractivity contribution < 1.29 is 41.0 Å². The van der Waals surface area contributed by atoms with Gasteiger partial charge in [0.05, 0.1) is 12.9 Å². The fourth-order valence-electron chi connectivity index (χ4n) is 4.44. The lowest BCUT2D eigenvalue weighted by atomic mass is 10.1. The van der Waals surface area contributed by atoms with Crippen molar-refractivity contribution in [1.29, 1.82) is 0 Å². The average molecular weight is 574 g/mol. The number of carbonyl (C=O) groups is 1. The molecule has 0 unspecified atom stereocenters. The van der Waals surface area contributed by atoms with E-state index in [4.69, 9.17) is 6.57 Å². The molecule has 2 aliphatic rings. The Hall–Kier alpha value is -5.20. The molecule has 1 aliphatic heterocycles. The number of hydrogen-bond acceptors (Lipinski definition) is 7. The van der Waals surface area contributed by atoms with Crippen molar-refractivity contribution in [2.75, 3.05) is 4.90 Å². The van der Waals surface area contributed by atoms with Crippen LogP contribution in [0.5, 0.6) is 17.2 Å². The van der Waals surface area contributed by atoms with Gasteiger partial charge in [-0.2, -0.15) is 5.10 Å². The molecule has 3 heterocycles. The molecular formula is C25H15F5N6O5. The van der Waals surface area contributed by atoms with Crippen molar-refractivity contribution in [2.45, 2.75) is 38.1 Å². The van der Waals surface area contributed by atoms with Gasteiger partial charge in [0.25, 0.3) is 5.56 Å². The number of H-pyrrole nitrogens is 1. The maximum atomic E-state index is 13.5. The van der Waals surface area contributed by atoms with Crippen LogP contribution in [0.4, 0.5) is 33.3 Å². The first-order chi connectivity index (χ1) is 19.4. The second-order valence-corrected chi connectivity index (χ2v) is 9.11. The van der Waals surface area contributed by atoms with Crippen molar-refractivity contribution in [2.24, 2.45) is 0 Å². The highest BCUT2D eigenvalue weighted by Crippen LogP contribution is 2.44. The molecule has 1 saturated carbocycles. The molecule has 0 saturated heterocycles. The van der Waals surface area contributed by atoms with E-state index in [2.05, 4.69) is 34.1 Å². The average Bonchev–Trinajstić information content (AvgIpc) is 3.48. The van der Waals surface area contributed by atoms with Gasteiger partial charge in [0.15, 0.2) is 17.2 Å². The van der Waals surface area contributed by atoms with Crippen LogP contribution >= 0.6 is 0 Å². The Bertz CT molecular complexity index is 1810. The van der Waals surface area contributed by atoms with Crippen molar-refractivity contribution >= 4 is 28.3 Å². The first-order valence-corrected chi connectivity index (χ1v) is 11.9. The van der Waals surface area contributed by atoms with Crippen LogP contribution in [-0.2, 0) is 11.3 Å². The molecule has 16 heteroatoms. The molecular weight excluding hydrogens is 559 g/mol. The number of ether oxygens (including phenoxy) is 3. The third kappa shape index (κ3) is 5.09. The zero-order valence-corrected chi connectivity index (χ0v) is 20.4. The smallest absolute Gasteiger partial charge is 0.407 e. The van der Waals surface area contributed by atoms with Gasteiger partial charge < -0.3 is 24.1 Å². The summed E-state index contributed by atoms with van der Waals surface area (Å²) in [4.78, 5) is 37.9. The number of nitrogens with zero attached hydrogens (tertiary/aromatic N) is 5. The van der Waals surface area contributed by atoms with E-state index < -0.39 is 36.4 Å². The normalized spacial score (nSPS) is 15.5. The lowest BCUT2D eigenvalue weighted by Crippen LogP contribution is -2.39. The molecule has 6 rings (SSSR count). The molecule has 1 aliphatic carbocycles. The minimum absolute atomic E-state index is 0.00506. The second-order valence-electron chi connectivity index (χ2n) is 9.11. The first kappa shape index (κ1) is 26.0. The van der Waals surface area contributed by atoms with Gasteiger partial charge in [-0.05, 0) is 48.7 Å². The van der Waals surface area contributed by atoms with Crippen LogP contribution in [-0.4, -0.2) is 44.4 Å². The van der Waals surface area contributed by atoms with Crippen molar-refractivity contribution in [1.82, 2.24) is 19.7 Å².